The molecule has 0 unspecified atom stereocenters. The first-order valence-corrected chi connectivity index (χ1v) is 4.39. The van der Waals surface area contributed by atoms with Crippen LogP contribution in [-0.2, 0) is 0 Å². The highest BCUT2D eigenvalue weighted by atomic mass is 15.1. The summed E-state index contributed by atoms with van der Waals surface area (Å²) in [5, 5.41) is 0. The average Bonchev–Trinajstić information content (AvgIpc) is 2.44. The van der Waals surface area contributed by atoms with Gasteiger partial charge in [0.25, 0.3) is 0 Å². The van der Waals surface area contributed by atoms with E-state index in [1.54, 1.807) is 0 Å². The zero-order chi connectivity index (χ0) is 7.19. The molecule has 2 rings (SSSR count). The van der Waals surface area contributed by atoms with Crippen molar-refractivity contribution in [2.75, 3.05) is 20.1 Å². The number of piperidine rings is 1. The van der Waals surface area contributed by atoms with Gasteiger partial charge >= 0.3 is 0 Å². The molecule has 0 bridgehead atoms. The van der Waals surface area contributed by atoms with Gasteiger partial charge in [0.15, 0.2) is 0 Å². The van der Waals surface area contributed by atoms with E-state index in [9.17, 15) is 0 Å². The standard InChI is InChI=1S/C9H17N/c1-8-5-9(3-4-9)7-10(2)6-8/h8H,3-7H2,1-2H3/t8-/m0/s1. The molecular formula is C9H17N. The van der Waals surface area contributed by atoms with Crippen molar-refractivity contribution in [1.82, 2.24) is 4.90 Å². The smallest absolute Gasteiger partial charge is 0.00351 e. The van der Waals surface area contributed by atoms with Gasteiger partial charge in [0.1, 0.15) is 0 Å². The highest BCUT2D eigenvalue weighted by molar-refractivity contribution is 4.98. The Labute approximate surface area is 63.4 Å². The molecule has 0 amide bonds. The lowest BCUT2D eigenvalue weighted by atomic mass is 9.88. The van der Waals surface area contributed by atoms with Crippen LogP contribution in [0.2, 0.25) is 0 Å². The van der Waals surface area contributed by atoms with E-state index >= 15 is 0 Å². The van der Waals surface area contributed by atoms with Crippen molar-refractivity contribution in [3.05, 3.63) is 0 Å². The predicted molar refractivity (Wildman–Crippen MR) is 42.9 cm³/mol. The van der Waals surface area contributed by atoms with Crippen LogP contribution < -0.4 is 0 Å². The largest absolute Gasteiger partial charge is 0.306 e. The van der Waals surface area contributed by atoms with Gasteiger partial charge in [-0.2, -0.15) is 0 Å². The van der Waals surface area contributed by atoms with Gasteiger partial charge in [-0.05, 0) is 37.6 Å². The molecule has 1 saturated heterocycles. The van der Waals surface area contributed by atoms with Crippen LogP contribution in [-0.4, -0.2) is 25.0 Å². The molecule has 1 heteroatoms. The SMILES string of the molecule is C[C@@H]1CN(C)CC2(CC2)C1. The molecule has 1 spiro atoms. The molecular weight excluding hydrogens is 122 g/mol. The maximum Gasteiger partial charge on any atom is 0.00351 e. The Bertz CT molecular complexity index is 126. The monoisotopic (exact) mass is 139 g/mol. The normalized spacial score (nSPS) is 38.4. The quantitative estimate of drug-likeness (QED) is 0.494. The maximum atomic E-state index is 2.50. The molecule has 2 fully saturated rings. The number of hydrogen-bond acceptors (Lipinski definition) is 1. The number of rotatable bonds is 0. The molecule has 1 aliphatic heterocycles. The van der Waals surface area contributed by atoms with Crippen molar-refractivity contribution in [1.29, 1.82) is 0 Å². The Morgan fingerprint density at radius 3 is 2.60 bits per heavy atom. The Morgan fingerprint density at radius 1 is 1.40 bits per heavy atom. The van der Waals surface area contributed by atoms with Crippen molar-refractivity contribution >= 4 is 0 Å². The molecule has 58 valence electrons. The topological polar surface area (TPSA) is 3.24 Å². The highest BCUT2D eigenvalue weighted by Crippen LogP contribution is 2.52. The van der Waals surface area contributed by atoms with Crippen LogP contribution in [0.1, 0.15) is 26.2 Å². The first-order chi connectivity index (χ1) is 4.70. The summed E-state index contributed by atoms with van der Waals surface area (Å²) in [5.74, 6) is 0.946. The summed E-state index contributed by atoms with van der Waals surface area (Å²) in [6.07, 6.45) is 4.50. The third-order valence-electron chi connectivity index (χ3n) is 2.97. The van der Waals surface area contributed by atoms with Gasteiger partial charge in [0.05, 0.1) is 0 Å². The van der Waals surface area contributed by atoms with Crippen LogP contribution >= 0.6 is 0 Å². The fourth-order valence-electron chi connectivity index (χ4n) is 2.58. The second-order valence-corrected chi connectivity index (χ2v) is 4.51. The van der Waals surface area contributed by atoms with Crippen LogP contribution in [0.15, 0.2) is 0 Å². The third-order valence-corrected chi connectivity index (χ3v) is 2.97. The molecule has 0 aromatic rings. The lowest BCUT2D eigenvalue weighted by Crippen LogP contribution is -2.37. The molecule has 2 aliphatic rings. The molecule has 0 radical (unpaired) electrons. The summed E-state index contributed by atoms with van der Waals surface area (Å²) in [6, 6.07) is 0. The third kappa shape index (κ3) is 1.07. The molecule has 1 nitrogen and oxygen atoms in total. The number of nitrogens with zero attached hydrogens (tertiary/aromatic N) is 1. The van der Waals surface area contributed by atoms with E-state index < -0.39 is 0 Å². The average molecular weight is 139 g/mol. The van der Waals surface area contributed by atoms with E-state index in [1.165, 1.54) is 32.4 Å². The van der Waals surface area contributed by atoms with Crippen LogP contribution in [0.4, 0.5) is 0 Å². The maximum absolute atomic E-state index is 2.50. The van der Waals surface area contributed by atoms with Crippen LogP contribution in [0.25, 0.3) is 0 Å². The van der Waals surface area contributed by atoms with Gasteiger partial charge in [-0.3, -0.25) is 0 Å². The van der Waals surface area contributed by atoms with Crippen LogP contribution in [0.5, 0.6) is 0 Å². The number of likely N-dealkylation sites (tertiary alicyclic amines) is 1. The summed E-state index contributed by atoms with van der Waals surface area (Å²) in [7, 11) is 2.26. The molecule has 10 heavy (non-hydrogen) atoms. The van der Waals surface area contributed by atoms with Crippen LogP contribution in [0, 0.1) is 11.3 Å². The van der Waals surface area contributed by atoms with Gasteiger partial charge in [-0.25, -0.2) is 0 Å². The predicted octanol–water partition coefficient (Wildman–Crippen LogP) is 1.74. The van der Waals surface area contributed by atoms with Crippen molar-refractivity contribution in [3.8, 4) is 0 Å². The fourth-order valence-corrected chi connectivity index (χ4v) is 2.58. The van der Waals surface area contributed by atoms with Crippen molar-refractivity contribution in [3.63, 3.8) is 0 Å². The Kier molecular flexibility index (Phi) is 1.31. The summed E-state index contributed by atoms with van der Waals surface area (Å²) in [4.78, 5) is 2.50. The Hall–Kier alpha value is -0.0400. The molecule has 0 N–H and O–H groups in total. The lowest BCUT2D eigenvalue weighted by Gasteiger charge is -2.34. The fraction of sp³-hybridized carbons (Fsp3) is 1.00. The summed E-state index contributed by atoms with van der Waals surface area (Å²) < 4.78 is 0. The molecule has 1 aliphatic carbocycles. The molecule has 1 saturated carbocycles. The second kappa shape index (κ2) is 1.97. The second-order valence-electron chi connectivity index (χ2n) is 4.51. The number of hydrogen-bond donors (Lipinski definition) is 0. The summed E-state index contributed by atoms with van der Waals surface area (Å²) in [5.41, 5.74) is 0.798. The van der Waals surface area contributed by atoms with Gasteiger partial charge in [-0.1, -0.05) is 6.92 Å². The van der Waals surface area contributed by atoms with Crippen molar-refractivity contribution in [2.45, 2.75) is 26.2 Å². The molecule has 1 heterocycles. The zero-order valence-electron chi connectivity index (χ0n) is 7.06. The van der Waals surface area contributed by atoms with E-state index in [2.05, 4.69) is 18.9 Å². The van der Waals surface area contributed by atoms with E-state index in [1.807, 2.05) is 0 Å². The Morgan fingerprint density at radius 2 is 2.10 bits per heavy atom. The molecule has 0 aromatic carbocycles. The van der Waals surface area contributed by atoms with Crippen molar-refractivity contribution < 1.29 is 0 Å². The lowest BCUT2D eigenvalue weighted by molar-refractivity contribution is 0.146. The van der Waals surface area contributed by atoms with E-state index in [0.29, 0.717) is 0 Å². The summed E-state index contributed by atoms with van der Waals surface area (Å²) >= 11 is 0. The zero-order valence-corrected chi connectivity index (χ0v) is 7.06. The van der Waals surface area contributed by atoms with Crippen molar-refractivity contribution in [2.24, 2.45) is 11.3 Å². The summed E-state index contributed by atoms with van der Waals surface area (Å²) in [6.45, 7) is 5.08. The molecule has 1 atom stereocenters. The minimum absolute atomic E-state index is 0.798. The first-order valence-electron chi connectivity index (χ1n) is 4.39. The first kappa shape index (κ1) is 6.66. The van der Waals surface area contributed by atoms with Gasteiger partial charge < -0.3 is 4.90 Å². The molecule has 0 aromatic heterocycles. The van der Waals surface area contributed by atoms with Crippen LogP contribution in [0.3, 0.4) is 0 Å². The highest BCUT2D eigenvalue weighted by Gasteiger charge is 2.46. The van der Waals surface area contributed by atoms with Gasteiger partial charge in [-0.15, -0.1) is 0 Å². The van der Waals surface area contributed by atoms with Gasteiger partial charge in [0, 0.05) is 13.1 Å². The van der Waals surface area contributed by atoms with E-state index in [0.717, 1.165) is 11.3 Å². The minimum Gasteiger partial charge on any atom is -0.306 e. The van der Waals surface area contributed by atoms with Gasteiger partial charge in [0.2, 0.25) is 0 Å². The Balaban J connectivity index is 2.00. The van der Waals surface area contributed by atoms with E-state index in [4.69, 9.17) is 0 Å². The van der Waals surface area contributed by atoms with E-state index in [-0.39, 0.29) is 0 Å². The minimum atomic E-state index is 0.798.